The number of nitrogens with two attached hydrogens (primary N) is 1. The molecule has 1 saturated carbocycles. The van der Waals surface area contributed by atoms with Gasteiger partial charge < -0.3 is 11.1 Å². The highest BCUT2D eigenvalue weighted by molar-refractivity contribution is 14.1. The van der Waals surface area contributed by atoms with Gasteiger partial charge in [0.2, 0.25) is 0 Å². The minimum absolute atomic E-state index is 0.0540. The van der Waals surface area contributed by atoms with E-state index in [4.69, 9.17) is 5.73 Å². The highest BCUT2D eigenvalue weighted by Crippen LogP contribution is 2.47. The van der Waals surface area contributed by atoms with Gasteiger partial charge in [-0.15, -0.1) is 37.0 Å². The van der Waals surface area contributed by atoms with Gasteiger partial charge in [0.25, 0.3) is 11.1 Å². The number of nitrogens with one attached hydrogen (secondary N) is 1. The number of fused-ring (bicyclic) bond motifs is 1. The number of aromatic nitrogens is 6. The largest absolute Gasteiger partial charge is 0.383 e. The lowest BCUT2D eigenvalue weighted by Gasteiger charge is -2.26. The SMILES string of the molecule is CC(P)c1cnc(-c2cc3ncn(CCC[C@@H](Nc4cnn(I)c(=O)c4C(P)(P)P)C4CC4)c(=O)c3cc2F)nc1N. The minimum atomic E-state index is -0.616. The van der Waals surface area contributed by atoms with Crippen molar-refractivity contribution in [3.05, 3.63) is 68.5 Å². The zero-order valence-electron chi connectivity index (χ0n) is 22.8. The maximum Gasteiger partial charge on any atom is 0.282 e. The Bertz CT molecular complexity index is 1770. The van der Waals surface area contributed by atoms with Gasteiger partial charge in [0, 0.05) is 34.6 Å². The smallest absolute Gasteiger partial charge is 0.282 e. The lowest BCUT2D eigenvalue weighted by Crippen LogP contribution is -2.30. The second-order valence-corrected chi connectivity index (χ2v) is 17.5. The third-order valence-corrected chi connectivity index (χ3v) is 9.22. The first-order valence-electron chi connectivity index (χ1n) is 13.3. The minimum Gasteiger partial charge on any atom is -0.383 e. The van der Waals surface area contributed by atoms with Gasteiger partial charge in [-0.2, -0.15) is 7.99 Å². The highest BCUT2D eigenvalue weighted by atomic mass is 127. The number of nitrogens with zero attached hydrogens (tertiary/aromatic N) is 6. The number of rotatable bonds is 10. The van der Waals surface area contributed by atoms with Crippen molar-refractivity contribution < 1.29 is 4.39 Å². The van der Waals surface area contributed by atoms with Gasteiger partial charge in [0.15, 0.2) is 5.82 Å². The first-order chi connectivity index (χ1) is 19.8. The van der Waals surface area contributed by atoms with Crippen molar-refractivity contribution in [2.75, 3.05) is 11.1 Å². The number of halogens is 2. The van der Waals surface area contributed by atoms with Crippen molar-refractivity contribution in [3.8, 4) is 11.4 Å². The quantitative estimate of drug-likeness (QED) is 0.176. The number of hydrogen-bond donors (Lipinski definition) is 2. The Kier molecular flexibility index (Phi) is 9.61. The Morgan fingerprint density at radius 1 is 1.19 bits per heavy atom. The first-order valence-corrected chi connectivity index (χ1v) is 16.7. The molecule has 4 aromatic rings. The lowest BCUT2D eigenvalue weighted by molar-refractivity contribution is 0.513. The van der Waals surface area contributed by atoms with Crippen LogP contribution in [0.2, 0.25) is 0 Å². The molecule has 0 bridgehead atoms. The molecule has 10 nitrogen and oxygen atoms in total. The molecule has 3 aromatic heterocycles. The van der Waals surface area contributed by atoms with Gasteiger partial charge in [-0.3, -0.25) is 14.2 Å². The molecule has 1 aliphatic carbocycles. The molecule has 0 spiro atoms. The number of benzene rings is 1. The van der Waals surface area contributed by atoms with Gasteiger partial charge in [-0.1, -0.05) is 6.92 Å². The van der Waals surface area contributed by atoms with E-state index < -0.39 is 10.5 Å². The summed E-state index contributed by atoms with van der Waals surface area (Å²) < 4.78 is 17.4. The van der Waals surface area contributed by atoms with Crippen molar-refractivity contribution in [2.24, 2.45) is 5.92 Å². The van der Waals surface area contributed by atoms with Crippen LogP contribution in [-0.2, 0) is 11.2 Å². The van der Waals surface area contributed by atoms with Crippen LogP contribution in [0, 0.1) is 11.7 Å². The van der Waals surface area contributed by atoms with E-state index in [0.717, 1.165) is 24.8 Å². The van der Waals surface area contributed by atoms with Crippen LogP contribution in [0.5, 0.6) is 0 Å². The van der Waals surface area contributed by atoms with Crippen LogP contribution in [0.15, 0.2) is 40.4 Å². The molecule has 0 amide bonds. The van der Waals surface area contributed by atoms with Crippen molar-refractivity contribution in [2.45, 2.75) is 55.5 Å². The number of nitrogen functional groups attached to an aromatic ring is 1. The molecule has 1 aliphatic rings. The van der Waals surface area contributed by atoms with Crippen LogP contribution in [-0.4, -0.2) is 33.6 Å². The predicted octanol–water partition coefficient (Wildman–Crippen LogP) is 4.67. The number of hydrogen-bond acceptors (Lipinski definition) is 8. The van der Waals surface area contributed by atoms with Crippen LogP contribution >= 0.6 is 59.8 Å². The molecule has 6 atom stereocenters. The van der Waals surface area contributed by atoms with Gasteiger partial charge in [-0.25, -0.2) is 19.3 Å². The molecule has 0 radical (unpaired) electrons. The number of aryl methyl sites for hydroxylation is 1. The summed E-state index contributed by atoms with van der Waals surface area (Å²) in [5.74, 6) is 0.286. The summed E-state index contributed by atoms with van der Waals surface area (Å²) >= 11 is 1.88. The lowest BCUT2D eigenvalue weighted by atomic mass is 10.1. The van der Waals surface area contributed by atoms with Crippen molar-refractivity contribution in [1.29, 1.82) is 0 Å². The van der Waals surface area contributed by atoms with E-state index in [1.54, 1.807) is 12.4 Å². The third kappa shape index (κ3) is 6.83. The van der Waals surface area contributed by atoms with Gasteiger partial charge in [0.05, 0.1) is 63.1 Å². The summed E-state index contributed by atoms with van der Waals surface area (Å²) in [6.45, 7) is 2.36. The molecule has 0 aliphatic heterocycles. The molecular weight excluding hydrogens is 726 g/mol. The van der Waals surface area contributed by atoms with Crippen molar-refractivity contribution in [3.63, 3.8) is 0 Å². The maximum absolute atomic E-state index is 15.2. The van der Waals surface area contributed by atoms with Crippen LogP contribution in [0.3, 0.4) is 0 Å². The topological polar surface area (TPSA) is 134 Å². The van der Waals surface area contributed by atoms with Crippen molar-refractivity contribution in [1.82, 2.24) is 27.5 Å². The van der Waals surface area contributed by atoms with E-state index in [0.29, 0.717) is 35.7 Å². The summed E-state index contributed by atoms with van der Waals surface area (Å²) in [6, 6.07) is 2.80. The summed E-state index contributed by atoms with van der Waals surface area (Å²) in [4.78, 5) is 39.1. The van der Waals surface area contributed by atoms with Gasteiger partial charge in [0.1, 0.15) is 11.6 Å². The second-order valence-electron chi connectivity index (χ2n) is 10.7. The normalized spacial score (nSPS) is 15.1. The molecule has 16 heteroatoms. The fourth-order valence-corrected chi connectivity index (χ4v) is 6.42. The molecular formula is C26H32FIN8O2P4. The van der Waals surface area contributed by atoms with Crippen LogP contribution < -0.4 is 22.2 Å². The molecule has 0 saturated heterocycles. The summed E-state index contributed by atoms with van der Waals surface area (Å²) in [5.41, 5.74) is 8.15. The Hall–Kier alpha value is -1.70. The number of anilines is 2. The summed E-state index contributed by atoms with van der Waals surface area (Å²) in [5, 5.41) is 7.95. The maximum atomic E-state index is 15.2. The highest BCUT2D eigenvalue weighted by Gasteiger charge is 2.33. The van der Waals surface area contributed by atoms with Crippen LogP contribution in [0.1, 0.15) is 49.4 Å². The van der Waals surface area contributed by atoms with E-state index in [1.807, 2.05) is 29.8 Å². The Labute approximate surface area is 265 Å². The van der Waals surface area contributed by atoms with Gasteiger partial charge >= 0.3 is 0 Å². The zero-order chi connectivity index (χ0) is 30.3. The van der Waals surface area contributed by atoms with Gasteiger partial charge in [-0.05, 0) is 43.7 Å². The molecule has 1 aromatic carbocycles. The molecule has 3 heterocycles. The summed E-state index contributed by atoms with van der Waals surface area (Å²) in [6.07, 6.45) is 8.43. The Morgan fingerprint density at radius 3 is 2.57 bits per heavy atom. The van der Waals surface area contributed by atoms with Crippen LogP contribution in [0.4, 0.5) is 15.9 Å². The van der Waals surface area contributed by atoms with E-state index in [-0.39, 0.29) is 45.4 Å². The van der Waals surface area contributed by atoms with E-state index in [1.165, 1.54) is 25.9 Å². The predicted molar refractivity (Wildman–Crippen MR) is 188 cm³/mol. The molecule has 222 valence electrons. The monoisotopic (exact) mass is 758 g/mol. The van der Waals surface area contributed by atoms with Crippen molar-refractivity contribution >= 4 is 82.2 Å². The molecule has 3 N–H and O–H groups in total. The molecule has 42 heavy (non-hydrogen) atoms. The van der Waals surface area contributed by atoms with E-state index >= 15 is 4.39 Å². The summed E-state index contributed by atoms with van der Waals surface area (Å²) in [7, 11) is 10.6. The fraction of sp³-hybridized carbons (Fsp3) is 0.385. The first kappa shape index (κ1) is 31.7. The standard InChI is InChI=1S/C26H32FIN8O2P4/c1-12(39)16-9-30-23(34-22(16)29)14-8-19-15(7-17(14)27)24(37)35(11-31-19)6-2-3-18(13-4-5-13)33-20-10-32-36(28)25(38)21(20)26(40,41)42/h7-13,18,33H,2-6,39-42H2,1H3,(H2,29,30,34)/t12?,18-/m1/s1. The second kappa shape index (κ2) is 12.7. The molecule has 1 fully saturated rings. The van der Waals surface area contributed by atoms with Crippen LogP contribution in [0.25, 0.3) is 22.3 Å². The molecule has 5 rings (SSSR count). The zero-order valence-corrected chi connectivity index (χ0v) is 29.6. The Balaban J connectivity index is 1.34. The fourth-order valence-electron chi connectivity index (χ4n) is 4.96. The molecule has 5 unspecified atom stereocenters. The van der Waals surface area contributed by atoms with E-state index in [9.17, 15) is 9.59 Å². The Morgan fingerprint density at radius 2 is 1.93 bits per heavy atom. The average molecular weight is 758 g/mol. The third-order valence-electron chi connectivity index (χ3n) is 7.31. The average Bonchev–Trinajstić information content (AvgIpc) is 3.76. The van der Waals surface area contributed by atoms with E-state index in [2.05, 4.69) is 62.3 Å².